The molecule has 1 heterocycles. The van der Waals surface area contributed by atoms with Crippen LogP contribution in [-0.4, -0.2) is 21.3 Å². The van der Waals surface area contributed by atoms with Gasteiger partial charge < -0.3 is 5.32 Å². The zero-order valence-electron chi connectivity index (χ0n) is 13.3. The highest BCUT2D eigenvalue weighted by atomic mass is 15.3. The summed E-state index contributed by atoms with van der Waals surface area (Å²) in [5, 5.41) is 7.97. The van der Waals surface area contributed by atoms with Crippen molar-refractivity contribution in [3.63, 3.8) is 0 Å². The summed E-state index contributed by atoms with van der Waals surface area (Å²) in [4.78, 5) is 4.44. The van der Waals surface area contributed by atoms with E-state index in [-0.39, 0.29) is 0 Å². The molecule has 21 heavy (non-hydrogen) atoms. The van der Waals surface area contributed by atoms with Crippen molar-refractivity contribution in [2.24, 2.45) is 0 Å². The van der Waals surface area contributed by atoms with Crippen LogP contribution in [0.15, 0.2) is 30.6 Å². The van der Waals surface area contributed by atoms with Crippen molar-refractivity contribution in [1.29, 1.82) is 0 Å². The van der Waals surface area contributed by atoms with E-state index in [1.807, 2.05) is 4.68 Å². The van der Waals surface area contributed by atoms with E-state index < -0.39 is 0 Å². The molecule has 1 unspecified atom stereocenters. The van der Waals surface area contributed by atoms with E-state index in [1.54, 1.807) is 6.33 Å². The maximum absolute atomic E-state index is 4.44. The van der Waals surface area contributed by atoms with Crippen LogP contribution in [0.1, 0.15) is 49.7 Å². The fraction of sp³-hybridized carbons (Fsp3) is 0.529. The van der Waals surface area contributed by atoms with E-state index in [2.05, 4.69) is 60.4 Å². The molecule has 4 heteroatoms. The molecule has 1 aromatic carbocycles. The number of aryl methyl sites for hydroxylation is 2. The van der Waals surface area contributed by atoms with E-state index in [1.165, 1.54) is 11.1 Å². The Hall–Kier alpha value is -1.68. The summed E-state index contributed by atoms with van der Waals surface area (Å²) in [7, 11) is 0. The highest BCUT2D eigenvalue weighted by Crippen LogP contribution is 2.19. The molecular formula is C17H26N4. The molecule has 0 spiro atoms. The molecule has 1 aromatic heterocycles. The highest BCUT2D eigenvalue weighted by molar-refractivity contribution is 5.25. The largest absolute Gasteiger partial charge is 0.310 e. The molecule has 114 valence electrons. The lowest BCUT2D eigenvalue weighted by molar-refractivity contribution is 0.488. The molecule has 0 fully saturated rings. The van der Waals surface area contributed by atoms with Crippen molar-refractivity contribution >= 4 is 0 Å². The van der Waals surface area contributed by atoms with Gasteiger partial charge in [0.25, 0.3) is 0 Å². The molecule has 0 aliphatic heterocycles. The number of hydrogen-bond donors (Lipinski definition) is 1. The average molecular weight is 286 g/mol. The van der Waals surface area contributed by atoms with Crippen LogP contribution in [0, 0.1) is 6.92 Å². The normalized spacial score (nSPS) is 12.5. The summed E-state index contributed by atoms with van der Waals surface area (Å²) in [6.07, 6.45) is 4.75. The van der Waals surface area contributed by atoms with Crippen LogP contribution in [0.4, 0.5) is 0 Å². The number of hydrogen-bond acceptors (Lipinski definition) is 3. The molecular weight excluding hydrogens is 260 g/mol. The molecule has 1 N–H and O–H groups in total. The molecule has 2 aromatic rings. The second-order valence-electron chi connectivity index (χ2n) is 5.52. The van der Waals surface area contributed by atoms with Crippen molar-refractivity contribution in [3.8, 4) is 0 Å². The first-order valence-corrected chi connectivity index (χ1v) is 7.91. The standard InChI is InChI=1S/C17H26N4/c1-4-9-18-16(15-8-6-7-14(3)11-15)12-17-19-13-20-21(17)10-5-2/h6-8,11,13,16,18H,4-5,9-10,12H2,1-3H3. The predicted octanol–water partition coefficient (Wildman–Crippen LogP) is 3.28. The Kier molecular flexibility index (Phi) is 5.93. The van der Waals surface area contributed by atoms with E-state index in [0.717, 1.165) is 38.2 Å². The van der Waals surface area contributed by atoms with Crippen LogP contribution in [-0.2, 0) is 13.0 Å². The van der Waals surface area contributed by atoms with Crippen LogP contribution in [0.5, 0.6) is 0 Å². The Labute approximate surface area is 127 Å². The van der Waals surface area contributed by atoms with E-state index in [4.69, 9.17) is 0 Å². The fourth-order valence-electron chi connectivity index (χ4n) is 2.54. The Morgan fingerprint density at radius 3 is 2.81 bits per heavy atom. The second-order valence-corrected chi connectivity index (χ2v) is 5.52. The van der Waals surface area contributed by atoms with Gasteiger partial charge in [-0.15, -0.1) is 0 Å². The van der Waals surface area contributed by atoms with Gasteiger partial charge in [-0.3, -0.25) is 4.68 Å². The minimum absolute atomic E-state index is 0.296. The van der Waals surface area contributed by atoms with Gasteiger partial charge in [-0.05, 0) is 31.9 Å². The summed E-state index contributed by atoms with van der Waals surface area (Å²) in [6, 6.07) is 9.01. The maximum atomic E-state index is 4.44. The lowest BCUT2D eigenvalue weighted by Gasteiger charge is -2.19. The second kappa shape index (κ2) is 7.93. The van der Waals surface area contributed by atoms with E-state index >= 15 is 0 Å². The van der Waals surface area contributed by atoms with Gasteiger partial charge in [-0.2, -0.15) is 5.10 Å². The zero-order chi connectivity index (χ0) is 15.1. The van der Waals surface area contributed by atoms with E-state index in [0.29, 0.717) is 6.04 Å². The third-order valence-corrected chi connectivity index (χ3v) is 3.60. The molecule has 0 bridgehead atoms. The smallest absolute Gasteiger partial charge is 0.138 e. The molecule has 1 atom stereocenters. The summed E-state index contributed by atoms with van der Waals surface area (Å²) < 4.78 is 2.02. The molecule has 4 nitrogen and oxygen atoms in total. The number of benzene rings is 1. The lowest BCUT2D eigenvalue weighted by Crippen LogP contribution is -2.25. The SMILES string of the molecule is CCCNC(Cc1ncnn1CCC)c1cccc(C)c1. The Morgan fingerprint density at radius 2 is 2.10 bits per heavy atom. The maximum Gasteiger partial charge on any atom is 0.138 e. The average Bonchev–Trinajstić information content (AvgIpc) is 2.91. The topological polar surface area (TPSA) is 42.7 Å². The van der Waals surface area contributed by atoms with Gasteiger partial charge in [0.2, 0.25) is 0 Å². The number of nitrogens with zero attached hydrogens (tertiary/aromatic N) is 3. The van der Waals surface area contributed by atoms with Crippen LogP contribution in [0.2, 0.25) is 0 Å². The molecule has 0 aliphatic carbocycles. The van der Waals surface area contributed by atoms with Gasteiger partial charge in [0.1, 0.15) is 12.2 Å². The van der Waals surface area contributed by atoms with Crippen molar-refractivity contribution in [2.75, 3.05) is 6.54 Å². The molecule has 2 rings (SSSR count). The number of nitrogens with one attached hydrogen (secondary N) is 1. The van der Waals surface area contributed by atoms with E-state index in [9.17, 15) is 0 Å². The number of aromatic nitrogens is 3. The first kappa shape index (κ1) is 15.7. The summed E-state index contributed by atoms with van der Waals surface area (Å²) in [6.45, 7) is 8.45. The third-order valence-electron chi connectivity index (χ3n) is 3.60. The van der Waals surface area contributed by atoms with Crippen LogP contribution < -0.4 is 5.32 Å². The lowest BCUT2D eigenvalue weighted by atomic mass is 10.0. The van der Waals surface area contributed by atoms with Gasteiger partial charge in [0.15, 0.2) is 0 Å². The minimum Gasteiger partial charge on any atom is -0.310 e. The molecule has 0 aliphatic rings. The van der Waals surface area contributed by atoms with Crippen molar-refractivity contribution < 1.29 is 0 Å². The molecule has 0 saturated heterocycles. The Bertz CT molecular complexity index is 547. The van der Waals surface area contributed by atoms with Crippen LogP contribution in [0.25, 0.3) is 0 Å². The van der Waals surface area contributed by atoms with Gasteiger partial charge in [0, 0.05) is 19.0 Å². The molecule has 0 radical (unpaired) electrons. The van der Waals surface area contributed by atoms with Gasteiger partial charge in [-0.25, -0.2) is 4.98 Å². The zero-order valence-corrected chi connectivity index (χ0v) is 13.3. The number of rotatable bonds is 8. The summed E-state index contributed by atoms with van der Waals surface area (Å²) >= 11 is 0. The monoisotopic (exact) mass is 286 g/mol. The fourth-order valence-corrected chi connectivity index (χ4v) is 2.54. The van der Waals surface area contributed by atoms with Crippen molar-refractivity contribution in [2.45, 2.75) is 52.6 Å². The predicted molar refractivity (Wildman–Crippen MR) is 86.2 cm³/mol. The minimum atomic E-state index is 0.296. The Morgan fingerprint density at radius 1 is 1.24 bits per heavy atom. The van der Waals surface area contributed by atoms with Gasteiger partial charge >= 0.3 is 0 Å². The third kappa shape index (κ3) is 4.39. The molecule has 0 amide bonds. The summed E-state index contributed by atoms with van der Waals surface area (Å²) in [5.41, 5.74) is 2.63. The highest BCUT2D eigenvalue weighted by Gasteiger charge is 2.15. The van der Waals surface area contributed by atoms with Crippen molar-refractivity contribution in [3.05, 3.63) is 47.5 Å². The van der Waals surface area contributed by atoms with Crippen LogP contribution >= 0.6 is 0 Å². The van der Waals surface area contributed by atoms with Crippen molar-refractivity contribution in [1.82, 2.24) is 20.1 Å². The first-order chi connectivity index (χ1) is 10.2. The first-order valence-electron chi connectivity index (χ1n) is 7.91. The quantitative estimate of drug-likeness (QED) is 0.810. The molecule has 0 saturated carbocycles. The summed E-state index contributed by atoms with van der Waals surface area (Å²) in [5.74, 6) is 1.06. The van der Waals surface area contributed by atoms with Gasteiger partial charge in [-0.1, -0.05) is 43.7 Å². The van der Waals surface area contributed by atoms with Gasteiger partial charge in [0.05, 0.1) is 0 Å². The Balaban J connectivity index is 2.17. The van der Waals surface area contributed by atoms with Crippen LogP contribution in [0.3, 0.4) is 0 Å².